The van der Waals surface area contributed by atoms with Gasteiger partial charge in [-0.25, -0.2) is 14.8 Å². The second-order valence-corrected chi connectivity index (χ2v) is 11.1. The summed E-state index contributed by atoms with van der Waals surface area (Å²) in [7, 11) is 4.44. The van der Waals surface area contributed by atoms with Crippen LogP contribution in [0.4, 0.5) is 39.2 Å². The largest absolute Gasteiger partial charge is 0.495 e. The average molecular weight is 668 g/mol. The van der Waals surface area contributed by atoms with E-state index in [2.05, 4.69) is 42.6 Å². The number of hydrogen-bond acceptors (Lipinski definition) is 10. The highest BCUT2D eigenvalue weighted by Crippen LogP contribution is 2.44. The Morgan fingerprint density at radius 3 is 2.34 bits per heavy atom. The summed E-state index contributed by atoms with van der Waals surface area (Å²) in [6, 6.07) is 8.54. The normalized spacial score (nSPS) is 14.1. The van der Waals surface area contributed by atoms with E-state index in [1.165, 1.54) is 31.5 Å². The standard InChI is InChI=1S/C29H37Cl3N8O4/c1-5-39-10-12-40(13-11-39)18-6-7-19(20(14-18)36-25(41)8-9-30)35-23-16-24(34-17-33-23)38(2)29(42)37-28-26(31)21(43-3)15-22(44-4)27(28)32/h6-7,14-17,25,36,41H,5,8-13H2,1-4H3,(H,37,42)(H,33,34,35). The van der Waals surface area contributed by atoms with Gasteiger partial charge in [0.05, 0.1) is 31.3 Å². The number of nitrogens with one attached hydrogen (secondary N) is 3. The van der Waals surface area contributed by atoms with Gasteiger partial charge in [0.25, 0.3) is 0 Å². The highest BCUT2D eigenvalue weighted by atomic mass is 35.5. The van der Waals surface area contributed by atoms with E-state index in [1.807, 2.05) is 18.2 Å². The Kier molecular flexibility index (Phi) is 11.8. The summed E-state index contributed by atoms with van der Waals surface area (Å²) in [5.74, 6) is 1.60. The van der Waals surface area contributed by atoms with Crippen LogP contribution >= 0.6 is 34.8 Å². The molecular weight excluding hydrogens is 631 g/mol. The zero-order valence-corrected chi connectivity index (χ0v) is 27.3. The highest BCUT2D eigenvalue weighted by Gasteiger charge is 2.22. The Balaban J connectivity index is 1.55. The predicted molar refractivity (Wildman–Crippen MR) is 178 cm³/mol. The number of piperazine rings is 1. The number of anilines is 6. The molecule has 12 nitrogen and oxygen atoms in total. The molecule has 44 heavy (non-hydrogen) atoms. The van der Waals surface area contributed by atoms with E-state index in [9.17, 15) is 9.90 Å². The molecular formula is C29H37Cl3N8O4. The number of rotatable bonds is 12. The van der Waals surface area contributed by atoms with Crippen LogP contribution in [0, 0.1) is 0 Å². The number of benzene rings is 2. The third-order valence-electron chi connectivity index (χ3n) is 7.26. The van der Waals surface area contributed by atoms with Crippen LogP contribution in [0.5, 0.6) is 11.5 Å². The third-order valence-corrected chi connectivity index (χ3v) is 8.23. The maximum absolute atomic E-state index is 13.2. The van der Waals surface area contributed by atoms with Crippen LogP contribution in [-0.2, 0) is 0 Å². The van der Waals surface area contributed by atoms with Crippen molar-refractivity contribution in [3.05, 3.63) is 46.7 Å². The Bertz CT molecular complexity index is 1410. The molecule has 0 aliphatic carbocycles. The Hall–Kier alpha value is -3.42. The minimum absolute atomic E-state index is 0.122. The lowest BCUT2D eigenvalue weighted by atomic mass is 10.2. The molecule has 2 aromatic carbocycles. The van der Waals surface area contributed by atoms with Gasteiger partial charge in [0.1, 0.15) is 45.7 Å². The van der Waals surface area contributed by atoms with Gasteiger partial charge in [0, 0.05) is 63.3 Å². The number of aliphatic hydroxyl groups excluding tert-OH is 1. The third kappa shape index (κ3) is 7.99. The fourth-order valence-corrected chi connectivity index (χ4v) is 5.46. The van der Waals surface area contributed by atoms with E-state index < -0.39 is 12.3 Å². The van der Waals surface area contributed by atoms with E-state index in [0.29, 0.717) is 35.3 Å². The summed E-state index contributed by atoms with van der Waals surface area (Å²) in [6.45, 7) is 7.00. The van der Waals surface area contributed by atoms with Crippen molar-refractivity contribution in [3.63, 3.8) is 0 Å². The van der Waals surface area contributed by atoms with Gasteiger partial charge in [0.15, 0.2) is 0 Å². The van der Waals surface area contributed by atoms with E-state index in [-0.39, 0.29) is 27.2 Å². The molecule has 1 aromatic heterocycles. The van der Waals surface area contributed by atoms with Gasteiger partial charge in [-0.2, -0.15) is 0 Å². The molecule has 238 valence electrons. The molecule has 1 atom stereocenters. The second kappa shape index (κ2) is 15.5. The minimum Gasteiger partial charge on any atom is -0.495 e. The number of likely N-dealkylation sites (N-methyl/N-ethyl adjacent to an activating group) is 1. The molecule has 4 rings (SSSR count). The van der Waals surface area contributed by atoms with Gasteiger partial charge in [-0.15, -0.1) is 11.6 Å². The summed E-state index contributed by atoms with van der Waals surface area (Å²) in [6.07, 6.45) is 0.864. The molecule has 4 N–H and O–H groups in total. The van der Waals surface area contributed by atoms with Crippen molar-refractivity contribution in [2.45, 2.75) is 19.6 Å². The van der Waals surface area contributed by atoms with Gasteiger partial charge >= 0.3 is 6.03 Å². The van der Waals surface area contributed by atoms with E-state index in [1.54, 1.807) is 13.1 Å². The first-order valence-electron chi connectivity index (χ1n) is 14.0. The second-order valence-electron chi connectivity index (χ2n) is 9.95. The summed E-state index contributed by atoms with van der Waals surface area (Å²) in [4.78, 5) is 27.8. The van der Waals surface area contributed by atoms with Gasteiger partial charge in [0.2, 0.25) is 0 Å². The van der Waals surface area contributed by atoms with E-state index in [4.69, 9.17) is 44.3 Å². The average Bonchev–Trinajstić information content (AvgIpc) is 3.04. The number of halogens is 3. The number of carbonyl (C=O) groups excluding carboxylic acids is 1. The van der Waals surface area contributed by atoms with Crippen molar-refractivity contribution in [2.24, 2.45) is 0 Å². The van der Waals surface area contributed by atoms with Crippen LogP contribution in [0.1, 0.15) is 13.3 Å². The quantitative estimate of drug-likeness (QED) is 0.141. The minimum atomic E-state index is -0.843. The van der Waals surface area contributed by atoms with Gasteiger partial charge in [-0.05, 0) is 24.7 Å². The monoisotopic (exact) mass is 666 g/mol. The number of aromatic nitrogens is 2. The number of hydrogen-bond donors (Lipinski definition) is 4. The smallest absolute Gasteiger partial charge is 0.327 e. The zero-order chi connectivity index (χ0) is 31.8. The number of nitrogens with zero attached hydrogens (tertiary/aromatic N) is 5. The molecule has 15 heteroatoms. The topological polar surface area (TPSA) is 127 Å². The van der Waals surface area contributed by atoms with Gasteiger partial charge < -0.3 is 40.3 Å². The number of carbonyl (C=O) groups is 1. The van der Waals surface area contributed by atoms with Crippen LogP contribution in [0.15, 0.2) is 36.7 Å². The summed E-state index contributed by atoms with van der Waals surface area (Å²) in [5, 5.41) is 19.9. The molecule has 1 saturated heterocycles. The van der Waals surface area contributed by atoms with Crippen LogP contribution in [0.2, 0.25) is 10.0 Å². The molecule has 1 aliphatic rings. The summed E-state index contributed by atoms with van der Waals surface area (Å²) < 4.78 is 10.6. The van der Waals surface area contributed by atoms with Crippen molar-refractivity contribution in [1.82, 2.24) is 14.9 Å². The maximum atomic E-state index is 13.2. The number of amides is 2. The molecule has 0 bridgehead atoms. The van der Waals surface area contributed by atoms with Crippen LogP contribution < -0.4 is 35.2 Å². The van der Waals surface area contributed by atoms with E-state index in [0.717, 1.165) is 38.4 Å². The fraction of sp³-hybridized carbons (Fsp3) is 0.414. The fourth-order valence-electron chi connectivity index (χ4n) is 4.66. The molecule has 1 aliphatic heterocycles. The number of aliphatic hydroxyl groups is 1. The van der Waals surface area contributed by atoms with Crippen molar-refractivity contribution < 1.29 is 19.4 Å². The zero-order valence-electron chi connectivity index (χ0n) is 25.0. The van der Waals surface area contributed by atoms with Crippen molar-refractivity contribution in [1.29, 1.82) is 0 Å². The first-order valence-corrected chi connectivity index (χ1v) is 15.3. The molecule has 0 spiro atoms. The lowest BCUT2D eigenvalue weighted by Crippen LogP contribution is -2.46. The van der Waals surface area contributed by atoms with Gasteiger partial charge in [-0.3, -0.25) is 4.90 Å². The van der Waals surface area contributed by atoms with E-state index >= 15 is 0 Å². The van der Waals surface area contributed by atoms with Crippen molar-refractivity contribution in [3.8, 4) is 11.5 Å². The van der Waals surface area contributed by atoms with Crippen LogP contribution in [0.3, 0.4) is 0 Å². The molecule has 1 fully saturated rings. The highest BCUT2D eigenvalue weighted by molar-refractivity contribution is 6.41. The first-order chi connectivity index (χ1) is 21.2. The molecule has 2 amide bonds. The van der Waals surface area contributed by atoms with Gasteiger partial charge in [-0.1, -0.05) is 30.1 Å². The lowest BCUT2D eigenvalue weighted by Gasteiger charge is -2.36. The molecule has 0 saturated carbocycles. The number of methoxy groups -OCH3 is 2. The first kappa shape index (κ1) is 33.5. The maximum Gasteiger partial charge on any atom is 0.327 e. The SMILES string of the molecule is CCN1CCN(c2ccc(Nc3cc(N(C)C(=O)Nc4c(Cl)c(OC)cc(OC)c4Cl)ncn3)c(NC(O)CCCl)c2)CC1. The van der Waals surface area contributed by atoms with Crippen LogP contribution in [-0.4, -0.2) is 92.1 Å². The number of urea groups is 1. The molecule has 3 aromatic rings. The molecule has 1 unspecified atom stereocenters. The summed E-state index contributed by atoms with van der Waals surface area (Å²) in [5.41, 5.74) is 2.53. The predicted octanol–water partition coefficient (Wildman–Crippen LogP) is 5.71. The molecule has 2 heterocycles. The Morgan fingerprint density at radius 1 is 1.05 bits per heavy atom. The lowest BCUT2D eigenvalue weighted by molar-refractivity contribution is 0.200. The van der Waals surface area contributed by atoms with Crippen molar-refractivity contribution in [2.75, 3.05) is 85.6 Å². The summed E-state index contributed by atoms with van der Waals surface area (Å²) >= 11 is 18.7. The Labute approximate surface area is 272 Å². The number of alkyl halides is 1. The van der Waals surface area contributed by atoms with Crippen LogP contribution in [0.25, 0.3) is 0 Å². The number of ether oxygens (including phenoxy) is 2. The van der Waals surface area contributed by atoms with Crippen molar-refractivity contribution >= 4 is 75.2 Å². The Morgan fingerprint density at radius 2 is 1.73 bits per heavy atom. The molecule has 0 radical (unpaired) electrons.